The third-order valence-electron chi connectivity index (χ3n) is 1.53. The van der Waals surface area contributed by atoms with Crippen molar-refractivity contribution in [3.05, 3.63) is 11.6 Å². The van der Waals surface area contributed by atoms with Gasteiger partial charge in [-0.25, -0.2) is 0 Å². The maximum atomic E-state index is 5.25. The van der Waals surface area contributed by atoms with Crippen LogP contribution in [0.15, 0.2) is 11.6 Å². The standard InChI is InChI=1S/C12H18Si/c1-7-8-11(12(2,3)4)9-10-13(5)6/h1,8,13H,2-6H3. The van der Waals surface area contributed by atoms with Crippen LogP contribution in [0.4, 0.5) is 0 Å². The van der Waals surface area contributed by atoms with Gasteiger partial charge < -0.3 is 0 Å². The molecule has 0 aromatic carbocycles. The first-order chi connectivity index (χ1) is 5.88. The van der Waals surface area contributed by atoms with Crippen molar-refractivity contribution in [3.8, 4) is 23.8 Å². The zero-order chi connectivity index (χ0) is 10.5. The van der Waals surface area contributed by atoms with Crippen molar-refractivity contribution in [2.45, 2.75) is 33.9 Å². The summed E-state index contributed by atoms with van der Waals surface area (Å²) in [6.45, 7) is 10.8. The summed E-state index contributed by atoms with van der Waals surface area (Å²) in [6, 6.07) is 0. The third kappa shape index (κ3) is 5.34. The molecule has 0 heterocycles. The van der Waals surface area contributed by atoms with Crippen LogP contribution in [0, 0.1) is 29.2 Å². The quantitative estimate of drug-likeness (QED) is 0.407. The van der Waals surface area contributed by atoms with Crippen LogP contribution in [0.2, 0.25) is 13.1 Å². The normalized spacial score (nSPS) is 11.9. The van der Waals surface area contributed by atoms with E-state index in [-0.39, 0.29) is 5.41 Å². The second-order valence-corrected chi connectivity index (χ2v) is 7.00. The number of hydrogen-bond donors (Lipinski definition) is 0. The number of rotatable bonds is 0. The van der Waals surface area contributed by atoms with Crippen LogP contribution >= 0.6 is 0 Å². The Bertz CT molecular complexity index is 284. The summed E-state index contributed by atoms with van der Waals surface area (Å²) in [4.78, 5) is 0. The van der Waals surface area contributed by atoms with Gasteiger partial charge in [0.25, 0.3) is 0 Å². The molecule has 70 valence electrons. The van der Waals surface area contributed by atoms with E-state index in [0.717, 1.165) is 5.57 Å². The minimum absolute atomic E-state index is 0.0721. The van der Waals surface area contributed by atoms with Gasteiger partial charge in [-0.05, 0) is 11.5 Å². The van der Waals surface area contributed by atoms with E-state index in [9.17, 15) is 0 Å². The number of allylic oxidation sites excluding steroid dienone is 2. The van der Waals surface area contributed by atoms with Crippen molar-refractivity contribution in [2.75, 3.05) is 0 Å². The molecule has 0 unspecified atom stereocenters. The van der Waals surface area contributed by atoms with Crippen molar-refractivity contribution >= 4 is 8.80 Å². The van der Waals surface area contributed by atoms with Gasteiger partial charge in [-0.15, -0.1) is 12.0 Å². The summed E-state index contributed by atoms with van der Waals surface area (Å²) in [5.41, 5.74) is 4.40. The van der Waals surface area contributed by atoms with Gasteiger partial charge in [-0.1, -0.05) is 45.7 Å². The predicted octanol–water partition coefficient (Wildman–Crippen LogP) is 2.62. The number of terminal acetylenes is 1. The molecule has 0 saturated carbocycles. The average Bonchev–Trinajstić information content (AvgIpc) is 1.95. The molecule has 0 aliphatic heterocycles. The van der Waals surface area contributed by atoms with Gasteiger partial charge in [0.2, 0.25) is 0 Å². The van der Waals surface area contributed by atoms with Gasteiger partial charge in [-0.3, -0.25) is 0 Å². The van der Waals surface area contributed by atoms with Gasteiger partial charge in [-0.2, -0.15) is 0 Å². The molecule has 13 heavy (non-hydrogen) atoms. The summed E-state index contributed by atoms with van der Waals surface area (Å²) in [5.74, 6) is 5.74. The molecule has 0 aliphatic carbocycles. The Balaban J connectivity index is 4.83. The van der Waals surface area contributed by atoms with Crippen LogP contribution < -0.4 is 0 Å². The molecule has 0 nitrogen and oxygen atoms in total. The molecule has 0 spiro atoms. The Kier molecular flexibility index (Phi) is 4.60. The van der Waals surface area contributed by atoms with Crippen LogP contribution in [0.25, 0.3) is 0 Å². The zero-order valence-corrected chi connectivity index (χ0v) is 10.4. The highest BCUT2D eigenvalue weighted by Crippen LogP contribution is 2.23. The lowest BCUT2D eigenvalue weighted by Crippen LogP contribution is -2.08. The maximum Gasteiger partial charge on any atom is 0.117 e. The minimum atomic E-state index is -0.794. The molecule has 0 atom stereocenters. The van der Waals surface area contributed by atoms with Crippen LogP contribution in [-0.2, 0) is 0 Å². The summed E-state index contributed by atoms with van der Waals surface area (Å²) in [6.07, 6.45) is 7.03. The fourth-order valence-corrected chi connectivity index (χ4v) is 1.19. The smallest absolute Gasteiger partial charge is 0.117 e. The maximum absolute atomic E-state index is 5.25. The first-order valence-electron chi connectivity index (χ1n) is 4.56. The highest BCUT2D eigenvalue weighted by atomic mass is 28.3. The lowest BCUT2D eigenvalue weighted by molar-refractivity contribution is 0.521. The molecule has 0 saturated heterocycles. The van der Waals surface area contributed by atoms with E-state index in [1.165, 1.54) is 0 Å². The van der Waals surface area contributed by atoms with Crippen molar-refractivity contribution in [2.24, 2.45) is 5.41 Å². The molecule has 0 aliphatic rings. The molecule has 0 aromatic heterocycles. The summed E-state index contributed by atoms with van der Waals surface area (Å²) < 4.78 is 0. The van der Waals surface area contributed by atoms with Crippen molar-refractivity contribution < 1.29 is 0 Å². The van der Waals surface area contributed by atoms with Crippen LogP contribution in [0.1, 0.15) is 20.8 Å². The lowest BCUT2D eigenvalue weighted by Gasteiger charge is -2.17. The Morgan fingerprint density at radius 3 is 2.15 bits per heavy atom. The predicted molar refractivity (Wildman–Crippen MR) is 63.0 cm³/mol. The lowest BCUT2D eigenvalue weighted by atomic mass is 9.87. The summed E-state index contributed by atoms with van der Waals surface area (Å²) in [5, 5.41) is 0. The molecule has 0 fully saturated rings. The van der Waals surface area contributed by atoms with Crippen LogP contribution in [0.3, 0.4) is 0 Å². The van der Waals surface area contributed by atoms with Gasteiger partial charge in [0.1, 0.15) is 8.80 Å². The van der Waals surface area contributed by atoms with E-state index in [1.54, 1.807) is 6.08 Å². The van der Waals surface area contributed by atoms with Crippen molar-refractivity contribution in [1.29, 1.82) is 0 Å². The molecule has 0 N–H and O–H groups in total. The number of hydrogen-bond acceptors (Lipinski definition) is 0. The molecule has 1 heteroatoms. The molecule has 0 aromatic rings. The van der Waals surface area contributed by atoms with Crippen LogP contribution in [0.5, 0.6) is 0 Å². The minimum Gasteiger partial charge on any atom is -0.131 e. The van der Waals surface area contributed by atoms with Crippen molar-refractivity contribution in [1.82, 2.24) is 0 Å². The molecule has 0 bridgehead atoms. The Labute approximate surface area is 84.0 Å². The van der Waals surface area contributed by atoms with E-state index < -0.39 is 8.80 Å². The Morgan fingerprint density at radius 1 is 1.31 bits per heavy atom. The first-order valence-corrected chi connectivity index (χ1v) is 7.45. The van der Waals surface area contributed by atoms with E-state index in [0.29, 0.717) is 0 Å². The van der Waals surface area contributed by atoms with E-state index in [2.05, 4.69) is 51.2 Å². The Hall–Kier alpha value is -0.923. The highest BCUT2D eigenvalue weighted by molar-refractivity contribution is 6.64. The largest absolute Gasteiger partial charge is 0.131 e. The van der Waals surface area contributed by atoms with E-state index in [1.807, 2.05) is 0 Å². The average molecular weight is 190 g/mol. The van der Waals surface area contributed by atoms with Gasteiger partial charge >= 0.3 is 0 Å². The zero-order valence-electron chi connectivity index (χ0n) is 9.23. The van der Waals surface area contributed by atoms with Crippen LogP contribution in [-0.4, -0.2) is 8.80 Å². The van der Waals surface area contributed by atoms with Gasteiger partial charge in [0, 0.05) is 5.57 Å². The van der Waals surface area contributed by atoms with Gasteiger partial charge in [0.15, 0.2) is 0 Å². The monoisotopic (exact) mass is 190 g/mol. The molecule has 0 amide bonds. The SMILES string of the molecule is C#CC=C(C#C[SiH](C)C)C(C)(C)C. The van der Waals surface area contributed by atoms with E-state index >= 15 is 0 Å². The third-order valence-corrected chi connectivity index (χ3v) is 2.25. The molecule has 0 rings (SSSR count). The summed E-state index contributed by atoms with van der Waals surface area (Å²) >= 11 is 0. The Morgan fingerprint density at radius 2 is 1.85 bits per heavy atom. The molecule has 0 radical (unpaired) electrons. The van der Waals surface area contributed by atoms with Crippen molar-refractivity contribution in [3.63, 3.8) is 0 Å². The molecular weight excluding hydrogens is 172 g/mol. The van der Waals surface area contributed by atoms with E-state index in [4.69, 9.17) is 6.42 Å². The topological polar surface area (TPSA) is 0 Å². The second kappa shape index (κ2) is 4.95. The fourth-order valence-electron chi connectivity index (χ4n) is 0.746. The molecular formula is C12H18Si. The second-order valence-electron chi connectivity index (χ2n) is 4.40. The fraction of sp³-hybridized carbons (Fsp3) is 0.500. The highest BCUT2D eigenvalue weighted by Gasteiger charge is 2.14. The summed E-state index contributed by atoms with van der Waals surface area (Å²) in [7, 11) is -0.794. The first kappa shape index (κ1) is 12.1. The van der Waals surface area contributed by atoms with Gasteiger partial charge in [0.05, 0.1) is 0 Å².